The second-order valence-electron chi connectivity index (χ2n) is 6.71. The Labute approximate surface area is 127 Å². The highest BCUT2D eigenvalue weighted by atomic mass is 16.6. The van der Waals surface area contributed by atoms with Crippen LogP contribution >= 0.6 is 0 Å². The van der Waals surface area contributed by atoms with E-state index in [1.54, 1.807) is 0 Å². The highest BCUT2D eigenvalue weighted by Gasteiger charge is 2.29. The number of ether oxygens (including phenoxy) is 2. The van der Waals surface area contributed by atoms with Crippen LogP contribution in [0, 0.1) is 5.92 Å². The monoisotopic (exact) mass is 287 g/mol. The first kappa shape index (κ1) is 13.4. The van der Waals surface area contributed by atoms with Crippen LogP contribution in [0.3, 0.4) is 0 Å². The number of benzene rings is 1. The van der Waals surface area contributed by atoms with Crippen LogP contribution in [0.4, 0.5) is 0 Å². The van der Waals surface area contributed by atoms with Crippen molar-refractivity contribution in [2.75, 3.05) is 26.3 Å². The van der Waals surface area contributed by atoms with Gasteiger partial charge in [0.25, 0.3) is 0 Å². The van der Waals surface area contributed by atoms with E-state index in [0.29, 0.717) is 19.3 Å². The summed E-state index contributed by atoms with van der Waals surface area (Å²) in [4.78, 5) is 2.71. The molecule has 3 heteroatoms. The fourth-order valence-corrected chi connectivity index (χ4v) is 4.21. The zero-order chi connectivity index (χ0) is 14.1. The van der Waals surface area contributed by atoms with Crippen LogP contribution in [0.15, 0.2) is 18.2 Å². The molecule has 1 aromatic rings. The quantitative estimate of drug-likeness (QED) is 0.844. The highest BCUT2D eigenvalue weighted by molar-refractivity contribution is 5.44. The molecule has 3 aliphatic rings. The molecule has 0 aromatic heterocycles. The first-order valence-electron chi connectivity index (χ1n) is 8.54. The Bertz CT molecular complexity index is 496. The van der Waals surface area contributed by atoms with Gasteiger partial charge in [0.1, 0.15) is 13.2 Å². The predicted molar refractivity (Wildman–Crippen MR) is 82.9 cm³/mol. The Morgan fingerprint density at radius 1 is 0.952 bits per heavy atom. The van der Waals surface area contributed by atoms with Gasteiger partial charge < -0.3 is 9.47 Å². The van der Waals surface area contributed by atoms with Gasteiger partial charge in [-0.1, -0.05) is 18.9 Å². The van der Waals surface area contributed by atoms with Crippen LogP contribution < -0.4 is 9.47 Å². The maximum Gasteiger partial charge on any atom is 0.161 e. The summed E-state index contributed by atoms with van der Waals surface area (Å²) in [5, 5.41) is 0. The predicted octanol–water partition coefficient (Wildman–Crippen LogP) is 3.78. The van der Waals surface area contributed by atoms with E-state index in [4.69, 9.17) is 9.47 Å². The Kier molecular flexibility index (Phi) is 3.76. The second-order valence-corrected chi connectivity index (χ2v) is 6.71. The summed E-state index contributed by atoms with van der Waals surface area (Å²) in [6, 6.07) is 7.13. The summed E-state index contributed by atoms with van der Waals surface area (Å²) in [5.74, 6) is 2.78. The highest BCUT2D eigenvalue weighted by Crippen LogP contribution is 2.39. The third-order valence-corrected chi connectivity index (χ3v) is 5.28. The van der Waals surface area contributed by atoms with Crippen molar-refractivity contribution < 1.29 is 9.47 Å². The van der Waals surface area contributed by atoms with Crippen molar-refractivity contribution in [3.05, 3.63) is 23.8 Å². The first-order valence-corrected chi connectivity index (χ1v) is 8.54. The topological polar surface area (TPSA) is 21.7 Å². The van der Waals surface area contributed by atoms with Crippen molar-refractivity contribution in [1.29, 1.82) is 0 Å². The Morgan fingerprint density at radius 3 is 2.62 bits per heavy atom. The third-order valence-electron chi connectivity index (χ3n) is 5.28. The van der Waals surface area contributed by atoms with E-state index >= 15 is 0 Å². The molecule has 1 aliphatic carbocycles. The van der Waals surface area contributed by atoms with E-state index in [0.717, 1.165) is 17.4 Å². The molecule has 4 rings (SSSR count). The van der Waals surface area contributed by atoms with E-state index in [-0.39, 0.29) is 0 Å². The average molecular weight is 287 g/mol. The summed E-state index contributed by atoms with van der Waals surface area (Å²) in [7, 11) is 0. The van der Waals surface area contributed by atoms with E-state index in [9.17, 15) is 0 Å². The van der Waals surface area contributed by atoms with Crippen LogP contribution in [0.1, 0.15) is 50.1 Å². The lowest BCUT2D eigenvalue weighted by Crippen LogP contribution is -2.28. The standard InChI is InChI=1S/C18H25NO2/c1-2-5-14(4-1)13-19-9-3-6-16(19)15-7-8-17-18(12-15)21-11-10-20-17/h7-8,12,14,16H,1-6,9-11,13H2. The molecule has 0 bridgehead atoms. The van der Waals surface area contributed by atoms with Crippen LogP contribution in [0.25, 0.3) is 0 Å². The van der Waals surface area contributed by atoms with Crippen molar-refractivity contribution in [3.63, 3.8) is 0 Å². The fraction of sp³-hybridized carbons (Fsp3) is 0.667. The van der Waals surface area contributed by atoms with Gasteiger partial charge in [-0.05, 0) is 55.8 Å². The van der Waals surface area contributed by atoms with Crippen molar-refractivity contribution >= 4 is 0 Å². The second kappa shape index (κ2) is 5.88. The zero-order valence-corrected chi connectivity index (χ0v) is 12.7. The molecular formula is C18H25NO2. The number of likely N-dealkylation sites (tertiary alicyclic amines) is 1. The summed E-state index contributed by atoms with van der Waals surface area (Å²) >= 11 is 0. The lowest BCUT2D eigenvalue weighted by molar-refractivity contribution is 0.170. The van der Waals surface area contributed by atoms with Crippen molar-refractivity contribution in [3.8, 4) is 11.5 Å². The maximum atomic E-state index is 5.75. The molecule has 1 saturated heterocycles. The molecule has 0 spiro atoms. The van der Waals surface area contributed by atoms with Gasteiger partial charge in [-0.2, -0.15) is 0 Å². The van der Waals surface area contributed by atoms with Gasteiger partial charge in [-0.3, -0.25) is 4.90 Å². The van der Waals surface area contributed by atoms with Crippen LogP contribution in [0.2, 0.25) is 0 Å². The molecule has 0 N–H and O–H groups in total. The summed E-state index contributed by atoms with van der Waals surface area (Å²) < 4.78 is 11.4. The van der Waals surface area contributed by atoms with Crippen molar-refractivity contribution in [2.45, 2.75) is 44.6 Å². The molecule has 3 nitrogen and oxygen atoms in total. The zero-order valence-electron chi connectivity index (χ0n) is 12.7. The molecule has 21 heavy (non-hydrogen) atoms. The number of fused-ring (bicyclic) bond motifs is 1. The number of nitrogens with zero attached hydrogens (tertiary/aromatic N) is 1. The van der Waals surface area contributed by atoms with Crippen LogP contribution in [0.5, 0.6) is 11.5 Å². The molecule has 1 unspecified atom stereocenters. The molecule has 1 saturated carbocycles. The SMILES string of the molecule is c1cc2c(cc1C1CCCN1CC1CCCC1)OCCO2. The van der Waals surface area contributed by atoms with Crippen molar-refractivity contribution in [2.24, 2.45) is 5.92 Å². The van der Waals surface area contributed by atoms with E-state index in [1.807, 2.05) is 0 Å². The van der Waals surface area contributed by atoms with Gasteiger partial charge in [-0.25, -0.2) is 0 Å². The maximum absolute atomic E-state index is 5.75. The summed E-state index contributed by atoms with van der Waals surface area (Å²) in [6.07, 6.45) is 8.35. The normalized spacial score (nSPS) is 26.4. The number of hydrogen-bond donors (Lipinski definition) is 0. The number of hydrogen-bond acceptors (Lipinski definition) is 3. The van der Waals surface area contributed by atoms with Gasteiger partial charge in [-0.15, -0.1) is 0 Å². The third kappa shape index (κ3) is 2.76. The van der Waals surface area contributed by atoms with Gasteiger partial charge in [0, 0.05) is 12.6 Å². The molecular weight excluding hydrogens is 262 g/mol. The number of rotatable bonds is 3. The van der Waals surface area contributed by atoms with E-state index in [2.05, 4.69) is 23.1 Å². The van der Waals surface area contributed by atoms with Gasteiger partial charge in [0.2, 0.25) is 0 Å². The molecule has 2 aliphatic heterocycles. The molecule has 1 aromatic carbocycles. The Morgan fingerprint density at radius 2 is 1.76 bits per heavy atom. The van der Waals surface area contributed by atoms with E-state index < -0.39 is 0 Å². The molecule has 2 fully saturated rings. The van der Waals surface area contributed by atoms with Crippen LogP contribution in [-0.2, 0) is 0 Å². The molecule has 0 amide bonds. The summed E-state index contributed by atoms with van der Waals surface area (Å²) in [6.45, 7) is 3.89. The molecule has 1 atom stereocenters. The van der Waals surface area contributed by atoms with Gasteiger partial charge >= 0.3 is 0 Å². The molecule has 114 valence electrons. The van der Waals surface area contributed by atoms with Crippen molar-refractivity contribution in [1.82, 2.24) is 4.90 Å². The fourth-order valence-electron chi connectivity index (χ4n) is 4.21. The Hall–Kier alpha value is -1.22. The molecule has 2 heterocycles. The average Bonchev–Trinajstić information content (AvgIpc) is 3.19. The lowest BCUT2D eigenvalue weighted by atomic mass is 10.0. The Balaban J connectivity index is 1.51. The van der Waals surface area contributed by atoms with Crippen LogP contribution in [-0.4, -0.2) is 31.2 Å². The minimum atomic E-state index is 0.585. The van der Waals surface area contributed by atoms with E-state index in [1.165, 1.54) is 57.2 Å². The largest absolute Gasteiger partial charge is 0.486 e. The smallest absolute Gasteiger partial charge is 0.161 e. The lowest BCUT2D eigenvalue weighted by Gasteiger charge is -2.28. The summed E-state index contributed by atoms with van der Waals surface area (Å²) in [5.41, 5.74) is 1.41. The first-order chi connectivity index (χ1) is 10.4. The minimum Gasteiger partial charge on any atom is -0.486 e. The minimum absolute atomic E-state index is 0.585. The van der Waals surface area contributed by atoms with Gasteiger partial charge in [0.05, 0.1) is 0 Å². The van der Waals surface area contributed by atoms with Gasteiger partial charge in [0.15, 0.2) is 11.5 Å². The molecule has 0 radical (unpaired) electrons.